The normalized spacial score (nSPS) is 44.0. The lowest BCUT2D eigenvalue weighted by atomic mass is 9.54. The maximum atomic E-state index is 12.8. The molecule has 6 nitrogen and oxygen atoms in total. The van der Waals surface area contributed by atoms with E-state index in [0.29, 0.717) is 12.0 Å². The average Bonchev–Trinajstić information content (AvgIpc) is 3.18. The van der Waals surface area contributed by atoms with Crippen LogP contribution < -0.4 is 0 Å². The van der Waals surface area contributed by atoms with Gasteiger partial charge in [-0.15, -0.1) is 0 Å². The summed E-state index contributed by atoms with van der Waals surface area (Å²) in [5.41, 5.74) is -0.764. The minimum Gasteiger partial charge on any atom is -0.468 e. The summed E-state index contributed by atoms with van der Waals surface area (Å²) in [6.07, 6.45) is 3.70. The van der Waals surface area contributed by atoms with Crippen LogP contribution >= 0.6 is 15.9 Å². The molecular weight excluding hydrogens is 368 g/mol. The molecule has 2 saturated heterocycles. The number of epoxide rings is 1. The van der Waals surface area contributed by atoms with Crippen molar-refractivity contribution in [1.82, 2.24) is 0 Å². The van der Waals surface area contributed by atoms with E-state index in [2.05, 4.69) is 15.9 Å². The second kappa shape index (κ2) is 5.04. The molecule has 2 aliphatic heterocycles. The number of carbonyl (C=O) groups excluding carboxylic acids is 2. The number of methoxy groups -OCH3 is 2. The minimum absolute atomic E-state index is 0.00738. The zero-order valence-corrected chi connectivity index (χ0v) is 14.7. The van der Waals surface area contributed by atoms with Gasteiger partial charge in [0, 0.05) is 4.83 Å². The highest BCUT2D eigenvalue weighted by atomic mass is 79.9. The highest BCUT2D eigenvalue weighted by molar-refractivity contribution is 9.09. The molecule has 0 aromatic carbocycles. The molecule has 4 rings (SSSR count). The van der Waals surface area contributed by atoms with Gasteiger partial charge in [0.25, 0.3) is 0 Å². The predicted octanol–water partition coefficient (Wildman–Crippen LogP) is 1.85. The van der Waals surface area contributed by atoms with Gasteiger partial charge in [0.2, 0.25) is 0 Å². The van der Waals surface area contributed by atoms with Crippen molar-refractivity contribution < 1.29 is 28.5 Å². The summed E-state index contributed by atoms with van der Waals surface area (Å²) in [5.74, 6) is -0.960. The van der Waals surface area contributed by atoms with Crippen LogP contribution in [0.15, 0.2) is 11.1 Å². The van der Waals surface area contributed by atoms with E-state index in [9.17, 15) is 9.59 Å². The van der Waals surface area contributed by atoms with E-state index in [-0.39, 0.29) is 4.83 Å². The van der Waals surface area contributed by atoms with E-state index >= 15 is 0 Å². The third-order valence-corrected chi connectivity index (χ3v) is 6.62. The van der Waals surface area contributed by atoms with Crippen molar-refractivity contribution in [1.29, 1.82) is 0 Å². The molecule has 2 bridgehead atoms. The number of ether oxygens (including phenoxy) is 4. The number of carbonyl (C=O) groups is 2. The molecule has 2 heterocycles. The number of esters is 2. The van der Waals surface area contributed by atoms with E-state index in [1.165, 1.54) is 14.2 Å². The van der Waals surface area contributed by atoms with Gasteiger partial charge in [-0.05, 0) is 18.4 Å². The van der Waals surface area contributed by atoms with Crippen molar-refractivity contribution in [3.63, 3.8) is 0 Å². The first kappa shape index (κ1) is 15.6. The molecule has 126 valence electrons. The molecule has 7 heteroatoms. The van der Waals surface area contributed by atoms with E-state index in [1.54, 1.807) is 0 Å². The Morgan fingerprint density at radius 1 is 1.22 bits per heavy atom. The average molecular weight is 387 g/mol. The van der Waals surface area contributed by atoms with E-state index in [1.807, 2.05) is 0 Å². The summed E-state index contributed by atoms with van der Waals surface area (Å²) >= 11 is 3.66. The first-order chi connectivity index (χ1) is 11.0. The summed E-state index contributed by atoms with van der Waals surface area (Å²) in [7, 11) is 2.66. The molecule has 23 heavy (non-hydrogen) atoms. The Balaban J connectivity index is 1.92. The van der Waals surface area contributed by atoms with Crippen LogP contribution in [0, 0.1) is 5.41 Å². The van der Waals surface area contributed by atoms with Crippen molar-refractivity contribution in [2.24, 2.45) is 5.41 Å². The fourth-order valence-corrected chi connectivity index (χ4v) is 5.41. The van der Waals surface area contributed by atoms with Gasteiger partial charge in [0.15, 0.2) is 11.7 Å². The Morgan fingerprint density at radius 2 is 2.00 bits per heavy atom. The number of hydrogen-bond donors (Lipinski definition) is 0. The summed E-state index contributed by atoms with van der Waals surface area (Å²) in [6, 6.07) is 0. The molecule has 0 aromatic heterocycles. The molecule has 0 amide bonds. The van der Waals surface area contributed by atoms with Crippen LogP contribution in [0.2, 0.25) is 0 Å². The van der Waals surface area contributed by atoms with Crippen LogP contribution in [0.4, 0.5) is 0 Å². The van der Waals surface area contributed by atoms with Gasteiger partial charge >= 0.3 is 11.9 Å². The lowest BCUT2D eigenvalue weighted by Gasteiger charge is -2.49. The Labute approximate surface area is 142 Å². The van der Waals surface area contributed by atoms with Gasteiger partial charge in [-0.2, -0.15) is 0 Å². The monoisotopic (exact) mass is 386 g/mol. The maximum absolute atomic E-state index is 12.8. The Kier molecular flexibility index (Phi) is 3.42. The van der Waals surface area contributed by atoms with Gasteiger partial charge in [0.05, 0.1) is 19.8 Å². The second-order valence-corrected chi connectivity index (χ2v) is 7.65. The highest BCUT2D eigenvalue weighted by Gasteiger charge is 2.88. The van der Waals surface area contributed by atoms with Gasteiger partial charge < -0.3 is 18.9 Å². The topological polar surface area (TPSA) is 74.4 Å². The van der Waals surface area contributed by atoms with Crippen molar-refractivity contribution >= 4 is 27.9 Å². The molecule has 1 spiro atoms. The lowest BCUT2D eigenvalue weighted by molar-refractivity contribution is -0.172. The molecule has 0 unspecified atom stereocenters. The third-order valence-electron chi connectivity index (χ3n) is 5.67. The van der Waals surface area contributed by atoms with Crippen LogP contribution in [0.5, 0.6) is 0 Å². The molecule has 0 saturated carbocycles. The fraction of sp³-hybridized carbons (Fsp3) is 0.750. The molecule has 5 atom stereocenters. The highest BCUT2D eigenvalue weighted by Crippen LogP contribution is 2.73. The standard InChI is InChI=1S/C16H19BrO6/c1-20-12(18)10-9-8(17)6-4-3-5-7-15-14(23-15)22-11(9)16(10,15)13(19)21-2/h8,11,14H,3-7H2,1-2H3/t8-,11-,14-,15+,16+/m0/s1. The Bertz CT molecular complexity index is 616. The third kappa shape index (κ3) is 1.66. The number of hydrogen-bond acceptors (Lipinski definition) is 6. The molecule has 2 fully saturated rings. The number of rotatable bonds is 2. The van der Waals surface area contributed by atoms with Crippen molar-refractivity contribution in [3.8, 4) is 0 Å². The fourth-order valence-electron chi connectivity index (χ4n) is 4.61. The van der Waals surface area contributed by atoms with Gasteiger partial charge in [-0.3, -0.25) is 4.79 Å². The van der Waals surface area contributed by atoms with Gasteiger partial charge in [-0.25, -0.2) is 4.79 Å². The first-order valence-electron chi connectivity index (χ1n) is 7.93. The molecule has 0 radical (unpaired) electrons. The smallest absolute Gasteiger partial charge is 0.335 e. The van der Waals surface area contributed by atoms with Gasteiger partial charge in [0.1, 0.15) is 11.7 Å². The zero-order chi connectivity index (χ0) is 16.4. The first-order valence-corrected chi connectivity index (χ1v) is 8.84. The van der Waals surface area contributed by atoms with Crippen LogP contribution in [0.25, 0.3) is 0 Å². The summed E-state index contributed by atoms with van der Waals surface area (Å²) in [6.45, 7) is 0. The quantitative estimate of drug-likeness (QED) is 0.409. The van der Waals surface area contributed by atoms with Crippen LogP contribution in [0.1, 0.15) is 32.1 Å². The minimum atomic E-state index is -1.18. The van der Waals surface area contributed by atoms with Crippen molar-refractivity contribution in [3.05, 3.63) is 11.1 Å². The molecule has 0 N–H and O–H groups in total. The van der Waals surface area contributed by atoms with E-state index < -0.39 is 35.3 Å². The van der Waals surface area contributed by atoms with Crippen LogP contribution in [0.3, 0.4) is 0 Å². The van der Waals surface area contributed by atoms with Crippen LogP contribution in [-0.2, 0) is 28.5 Å². The Morgan fingerprint density at radius 3 is 2.70 bits per heavy atom. The zero-order valence-electron chi connectivity index (χ0n) is 13.1. The molecule has 4 aliphatic rings. The Hall–Kier alpha value is -0.920. The molecule has 0 aromatic rings. The second-order valence-electron chi connectivity index (χ2n) is 6.54. The molecular formula is C16H19BrO6. The largest absolute Gasteiger partial charge is 0.468 e. The van der Waals surface area contributed by atoms with Crippen molar-refractivity contribution in [2.75, 3.05) is 14.2 Å². The summed E-state index contributed by atoms with van der Waals surface area (Å²) in [5, 5.41) is 0. The lowest BCUT2D eigenvalue weighted by Crippen LogP contribution is -2.63. The summed E-state index contributed by atoms with van der Waals surface area (Å²) < 4.78 is 21.8. The predicted molar refractivity (Wildman–Crippen MR) is 81.8 cm³/mol. The SMILES string of the molecule is COC(=O)C1=C2[C@@H](Br)CCCCC[C@@]34O[C@@H]3O[C@@H]2[C@@]14C(=O)OC. The van der Waals surface area contributed by atoms with E-state index in [0.717, 1.165) is 31.3 Å². The number of halogens is 1. The van der Waals surface area contributed by atoms with Gasteiger partial charge in [-0.1, -0.05) is 35.2 Å². The number of alkyl halides is 1. The molecule has 2 aliphatic carbocycles. The van der Waals surface area contributed by atoms with Crippen LogP contribution in [-0.4, -0.2) is 49.0 Å². The van der Waals surface area contributed by atoms with Crippen molar-refractivity contribution in [2.45, 2.75) is 54.9 Å². The summed E-state index contributed by atoms with van der Waals surface area (Å²) in [4.78, 5) is 25.3. The van der Waals surface area contributed by atoms with E-state index in [4.69, 9.17) is 18.9 Å². The maximum Gasteiger partial charge on any atom is 0.335 e. The number of fused-ring (bicyclic) bond motifs is 1.